The number of hydrogen-bond donors (Lipinski definition) is 8. The first-order valence-corrected chi connectivity index (χ1v) is 9.84. The Morgan fingerprint density at radius 3 is 2.31 bits per heavy atom. The maximum atomic E-state index is 12.9. The molecule has 3 amide bonds. The van der Waals surface area contributed by atoms with Gasteiger partial charge in [0.05, 0.1) is 19.3 Å². The fraction of sp³-hybridized carbons (Fsp3) is 0.400. The lowest BCUT2D eigenvalue weighted by atomic mass is 10.0. The molecule has 32 heavy (non-hydrogen) atoms. The van der Waals surface area contributed by atoms with Crippen LogP contribution in [0.4, 0.5) is 0 Å². The number of fused-ring (bicyclic) bond motifs is 1. The van der Waals surface area contributed by atoms with Crippen LogP contribution in [-0.4, -0.2) is 81.4 Å². The summed E-state index contributed by atoms with van der Waals surface area (Å²) in [6, 6.07) is 3.01. The number of amides is 3. The van der Waals surface area contributed by atoms with Crippen molar-refractivity contribution in [1.82, 2.24) is 20.9 Å². The molecule has 0 fully saturated rings. The van der Waals surface area contributed by atoms with E-state index in [2.05, 4.69) is 20.9 Å². The predicted molar refractivity (Wildman–Crippen MR) is 113 cm³/mol. The Bertz CT molecular complexity index is 974. The number of aromatic amines is 1. The summed E-state index contributed by atoms with van der Waals surface area (Å²) in [6.07, 6.45) is 0.228. The minimum absolute atomic E-state index is 0.0310. The third-order valence-electron chi connectivity index (χ3n) is 4.80. The van der Waals surface area contributed by atoms with Crippen molar-refractivity contribution in [1.29, 1.82) is 0 Å². The van der Waals surface area contributed by atoms with Crippen molar-refractivity contribution in [3.8, 4) is 0 Å². The van der Waals surface area contributed by atoms with Crippen molar-refractivity contribution in [2.24, 2.45) is 5.73 Å². The van der Waals surface area contributed by atoms with E-state index in [4.69, 9.17) is 5.73 Å². The first-order chi connectivity index (χ1) is 15.2. The number of nitrogens with one attached hydrogen (secondary N) is 4. The van der Waals surface area contributed by atoms with Gasteiger partial charge in [0.1, 0.15) is 12.1 Å². The summed E-state index contributed by atoms with van der Waals surface area (Å²) in [5.74, 6) is -3.86. The van der Waals surface area contributed by atoms with Crippen molar-refractivity contribution < 1.29 is 34.5 Å². The molecular formula is C20H27N5O7. The molecule has 12 nitrogen and oxygen atoms in total. The molecule has 0 bridgehead atoms. The van der Waals surface area contributed by atoms with E-state index >= 15 is 0 Å². The highest BCUT2D eigenvalue weighted by Gasteiger charge is 2.31. The van der Waals surface area contributed by atoms with Crippen LogP contribution >= 0.6 is 0 Å². The van der Waals surface area contributed by atoms with E-state index in [1.165, 1.54) is 6.92 Å². The SMILES string of the molecule is CC(O)C(NC(=O)C(Cc1c[nH]c2ccccc12)NC(=O)C(CO)NC(=O)CN)C(=O)O. The standard InChI is InChI=1S/C20H27N5O7/c1-10(27)17(20(31)32)25-18(29)14(24-19(30)15(9-26)23-16(28)7-21)6-11-8-22-13-5-3-2-4-12(11)13/h2-5,8,10,14-15,17,22,26-27H,6-7,9,21H2,1H3,(H,23,28)(H,24,30)(H,25,29)(H,31,32). The Labute approximate surface area is 183 Å². The molecule has 9 N–H and O–H groups in total. The maximum Gasteiger partial charge on any atom is 0.328 e. The third-order valence-corrected chi connectivity index (χ3v) is 4.80. The van der Waals surface area contributed by atoms with E-state index in [1.54, 1.807) is 12.3 Å². The number of aliphatic carboxylic acids is 1. The van der Waals surface area contributed by atoms with Crippen LogP contribution in [-0.2, 0) is 25.6 Å². The molecule has 4 atom stereocenters. The molecule has 0 spiro atoms. The Kier molecular flexibility index (Phi) is 8.70. The van der Waals surface area contributed by atoms with Crippen molar-refractivity contribution >= 4 is 34.6 Å². The normalized spacial score (nSPS) is 14.8. The molecule has 0 saturated heterocycles. The fourth-order valence-corrected chi connectivity index (χ4v) is 3.09. The molecule has 4 unspecified atom stereocenters. The van der Waals surface area contributed by atoms with E-state index in [0.29, 0.717) is 5.56 Å². The third kappa shape index (κ3) is 6.26. The zero-order chi connectivity index (χ0) is 23.8. The highest BCUT2D eigenvalue weighted by Crippen LogP contribution is 2.19. The van der Waals surface area contributed by atoms with Gasteiger partial charge in [0.2, 0.25) is 17.7 Å². The van der Waals surface area contributed by atoms with Crippen LogP contribution in [0, 0.1) is 0 Å². The number of benzene rings is 1. The molecule has 0 radical (unpaired) electrons. The summed E-state index contributed by atoms with van der Waals surface area (Å²) in [4.78, 5) is 51.4. The van der Waals surface area contributed by atoms with Crippen LogP contribution in [0.25, 0.3) is 10.9 Å². The summed E-state index contributed by atoms with van der Waals surface area (Å²) in [5.41, 5.74) is 6.67. The monoisotopic (exact) mass is 449 g/mol. The Morgan fingerprint density at radius 2 is 1.72 bits per heavy atom. The molecule has 2 rings (SSSR count). The molecule has 174 valence electrons. The zero-order valence-corrected chi connectivity index (χ0v) is 17.4. The highest BCUT2D eigenvalue weighted by atomic mass is 16.4. The molecule has 0 saturated carbocycles. The smallest absolute Gasteiger partial charge is 0.328 e. The Hall–Kier alpha value is -3.48. The van der Waals surface area contributed by atoms with E-state index < -0.39 is 61.1 Å². The van der Waals surface area contributed by atoms with Gasteiger partial charge in [-0.05, 0) is 18.6 Å². The number of aliphatic hydroxyl groups is 2. The molecule has 12 heteroatoms. The van der Waals surface area contributed by atoms with Crippen LogP contribution < -0.4 is 21.7 Å². The number of nitrogens with two attached hydrogens (primary N) is 1. The second-order valence-electron chi connectivity index (χ2n) is 7.20. The lowest BCUT2D eigenvalue weighted by molar-refractivity contribution is -0.145. The van der Waals surface area contributed by atoms with Crippen molar-refractivity contribution in [3.63, 3.8) is 0 Å². The molecule has 0 aliphatic heterocycles. The second kappa shape index (κ2) is 11.2. The van der Waals surface area contributed by atoms with E-state index in [9.17, 15) is 34.5 Å². The summed E-state index contributed by atoms with van der Waals surface area (Å²) >= 11 is 0. The summed E-state index contributed by atoms with van der Waals surface area (Å²) < 4.78 is 0. The van der Waals surface area contributed by atoms with Gasteiger partial charge in [0.25, 0.3) is 0 Å². The number of carbonyl (C=O) groups excluding carboxylic acids is 3. The zero-order valence-electron chi connectivity index (χ0n) is 17.4. The van der Waals surface area contributed by atoms with Crippen molar-refractivity contribution in [2.75, 3.05) is 13.2 Å². The molecular weight excluding hydrogens is 422 g/mol. The minimum Gasteiger partial charge on any atom is -0.480 e. The van der Waals surface area contributed by atoms with Crippen molar-refractivity contribution in [3.05, 3.63) is 36.0 Å². The number of aromatic nitrogens is 1. The van der Waals surface area contributed by atoms with Gasteiger partial charge in [0.15, 0.2) is 6.04 Å². The Balaban J connectivity index is 2.28. The molecule has 0 aliphatic rings. The quantitative estimate of drug-likeness (QED) is 0.185. The number of carboxylic acid groups (broad SMARTS) is 1. The topological polar surface area (TPSA) is 207 Å². The van der Waals surface area contributed by atoms with E-state index in [-0.39, 0.29) is 6.42 Å². The summed E-state index contributed by atoms with van der Waals surface area (Å²) in [7, 11) is 0. The maximum absolute atomic E-state index is 12.9. The van der Waals surface area contributed by atoms with Crippen LogP contribution in [0.3, 0.4) is 0 Å². The van der Waals surface area contributed by atoms with Gasteiger partial charge in [-0.15, -0.1) is 0 Å². The largest absolute Gasteiger partial charge is 0.480 e. The number of rotatable bonds is 11. The fourth-order valence-electron chi connectivity index (χ4n) is 3.09. The lowest BCUT2D eigenvalue weighted by Crippen LogP contribution is -2.58. The number of carboxylic acids is 1. The highest BCUT2D eigenvalue weighted by molar-refractivity contribution is 5.94. The Morgan fingerprint density at radius 1 is 1.06 bits per heavy atom. The van der Waals surface area contributed by atoms with Gasteiger partial charge in [-0.1, -0.05) is 18.2 Å². The molecule has 0 aliphatic carbocycles. The van der Waals surface area contributed by atoms with Crippen LogP contribution in [0.2, 0.25) is 0 Å². The van der Waals surface area contributed by atoms with Gasteiger partial charge >= 0.3 is 5.97 Å². The van der Waals surface area contributed by atoms with Gasteiger partial charge in [-0.3, -0.25) is 14.4 Å². The van der Waals surface area contributed by atoms with Gasteiger partial charge in [-0.25, -0.2) is 4.79 Å². The summed E-state index contributed by atoms with van der Waals surface area (Å²) in [5, 5.41) is 36.0. The van der Waals surface area contributed by atoms with Crippen LogP contribution in [0.15, 0.2) is 30.5 Å². The second-order valence-corrected chi connectivity index (χ2v) is 7.20. The number of para-hydroxylation sites is 1. The number of aliphatic hydroxyl groups excluding tert-OH is 2. The van der Waals surface area contributed by atoms with Gasteiger partial charge in [-0.2, -0.15) is 0 Å². The predicted octanol–water partition coefficient (Wildman–Crippen LogP) is -2.42. The lowest BCUT2D eigenvalue weighted by Gasteiger charge is -2.24. The van der Waals surface area contributed by atoms with Crippen molar-refractivity contribution in [2.45, 2.75) is 37.6 Å². The van der Waals surface area contributed by atoms with E-state index in [1.807, 2.05) is 18.2 Å². The molecule has 1 aromatic heterocycles. The van der Waals surface area contributed by atoms with Crippen LogP contribution in [0.5, 0.6) is 0 Å². The average Bonchev–Trinajstić information content (AvgIpc) is 3.17. The first-order valence-electron chi connectivity index (χ1n) is 9.84. The number of carbonyl (C=O) groups is 4. The molecule has 1 aromatic carbocycles. The van der Waals surface area contributed by atoms with E-state index in [0.717, 1.165) is 10.9 Å². The molecule has 2 aromatic rings. The van der Waals surface area contributed by atoms with Gasteiger partial charge in [0, 0.05) is 23.5 Å². The number of H-pyrrole nitrogens is 1. The molecule has 1 heterocycles. The first kappa shape index (κ1) is 24.8. The number of hydrogen-bond acceptors (Lipinski definition) is 7. The van der Waals surface area contributed by atoms with Crippen LogP contribution in [0.1, 0.15) is 12.5 Å². The van der Waals surface area contributed by atoms with Gasteiger partial charge < -0.3 is 42.0 Å². The minimum atomic E-state index is -1.60. The summed E-state index contributed by atoms with van der Waals surface area (Å²) in [6.45, 7) is 0.0542. The average molecular weight is 449 g/mol.